The van der Waals surface area contributed by atoms with Crippen LogP contribution in [0.4, 0.5) is 5.69 Å². The Kier molecular flexibility index (Phi) is 4.11. The van der Waals surface area contributed by atoms with Gasteiger partial charge in [0.05, 0.1) is 11.4 Å². The number of fused-ring (bicyclic) bond motifs is 1. The van der Waals surface area contributed by atoms with Crippen LogP contribution in [0.3, 0.4) is 0 Å². The molecule has 132 valence electrons. The van der Waals surface area contributed by atoms with Crippen LogP contribution in [0.2, 0.25) is 0 Å². The summed E-state index contributed by atoms with van der Waals surface area (Å²) in [6.45, 7) is 4.89. The number of hydrogen-bond acceptors (Lipinski definition) is 4. The number of H-pyrrole nitrogens is 1. The van der Waals surface area contributed by atoms with Crippen molar-refractivity contribution >= 4 is 11.6 Å². The van der Waals surface area contributed by atoms with E-state index in [0.29, 0.717) is 18.8 Å². The minimum absolute atomic E-state index is 0.0593. The Morgan fingerprint density at radius 3 is 2.76 bits per heavy atom. The molecule has 1 saturated heterocycles. The molecule has 4 rings (SSSR count). The number of carbonyl (C=O) groups excluding carboxylic acids is 1. The molecule has 1 aliphatic carbocycles. The van der Waals surface area contributed by atoms with E-state index in [4.69, 9.17) is 0 Å². The zero-order chi connectivity index (χ0) is 17.4. The number of phenols is 1. The molecule has 6 heteroatoms. The Morgan fingerprint density at radius 2 is 2.00 bits per heavy atom. The van der Waals surface area contributed by atoms with Crippen molar-refractivity contribution in [3.05, 3.63) is 41.5 Å². The van der Waals surface area contributed by atoms with Crippen molar-refractivity contribution in [2.24, 2.45) is 5.92 Å². The van der Waals surface area contributed by atoms with Crippen molar-refractivity contribution in [2.45, 2.75) is 26.2 Å². The number of imidazole rings is 1. The van der Waals surface area contributed by atoms with Crippen LogP contribution in [0, 0.1) is 12.8 Å². The Morgan fingerprint density at radius 1 is 1.24 bits per heavy atom. The van der Waals surface area contributed by atoms with Gasteiger partial charge in [-0.3, -0.25) is 4.79 Å². The first-order valence-corrected chi connectivity index (χ1v) is 8.98. The van der Waals surface area contributed by atoms with Crippen LogP contribution in [0.25, 0.3) is 0 Å². The van der Waals surface area contributed by atoms with E-state index in [-0.39, 0.29) is 11.8 Å². The molecule has 6 nitrogen and oxygen atoms in total. The molecular formula is C19H24N4O2. The lowest BCUT2D eigenvalue weighted by atomic mass is 9.88. The fourth-order valence-corrected chi connectivity index (χ4v) is 3.99. The average molecular weight is 340 g/mol. The van der Waals surface area contributed by atoms with Gasteiger partial charge in [-0.05, 0) is 31.9 Å². The lowest BCUT2D eigenvalue weighted by molar-refractivity contribution is -0.136. The molecular weight excluding hydrogens is 316 g/mol. The summed E-state index contributed by atoms with van der Waals surface area (Å²) in [5.41, 5.74) is 3.12. The number of para-hydroxylation sites is 2. The zero-order valence-electron chi connectivity index (χ0n) is 14.5. The fourth-order valence-electron chi connectivity index (χ4n) is 3.99. The summed E-state index contributed by atoms with van der Waals surface area (Å²) in [4.78, 5) is 24.8. The molecule has 0 bridgehead atoms. The molecule has 25 heavy (non-hydrogen) atoms. The van der Waals surface area contributed by atoms with Gasteiger partial charge in [-0.25, -0.2) is 4.98 Å². The van der Waals surface area contributed by atoms with Gasteiger partial charge in [0.15, 0.2) is 0 Å². The summed E-state index contributed by atoms with van der Waals surface area (Å²) >= 11 is 0. The largest absolute Gasteiger partial charge is 0.506 e. The van der Waals surface area contributed by atoms with Crippen molar-refractivity contribution in [1.82, 2.24) is 14.9 Å². The maximum atomic E-state index is 12.9. The van der Waals surface area contributed by atoms with Crippen LogP contribution in [-0.4, -0.2) is 52.1 Å². The van der Waals surface area contributed by atoms with Gasteiger partial charge in [-0.1, -0.05) is 12.1 Å². The summed E-state index contributed by atoms with van der Waals surface area (Å²) in [5.74, 6) is 1.56. The molecule has 1 fully saturated rings. The Balaban J connectivity index is 1.38. The lowest BCUT2D eigenvalue weighted by Gasteiger charge is -2.38. The Labute approximate surface area is 147 Å². The molecule has 0 spiro atoms. The van der Waals surface area contributed by atoms with Crippen LogP contribution in [0.1, 0.15) is 23.6 Å². The van der Waals surface area contributed by atoms with Crippen molar-refractivity contribution in [3.8, 4) is 5.75 Å². The normalized spacial score (nSPS) is 20.4. The third-order valence-corrected chi connectivity index (χ3v) is 5.33. The standard InChI is InChI=1S/C19H24N4O2/c1-13-20-15-7-6-14(12-16(15)21-13)19(25)23-10-8-22(9-11-23)17-4-2-3-5-18(17)24/h2-5,14,24H,6-12H2,1H3,(H,20,21). The van der Waals surface area contributed by atoms with Crippen molar-refractivity contribution < 1.29 is 9.90 Å². The Bertz CT molecular complexity index is 777. The van der Waals surface area contributed by atoms with E-state index in [9.17, 15) is 9.90 Å². The quantitative estimate of drug-likeness (QED) is 0.875. The summed E-state index contributed by atoms with van der Waals surface area (Å²) in [7, 11) is 0. The lowest BCUT2D eigenvalue weighted by Crippen LogP contribution is -2.51. The topological polar surface area (TPSA) is 72.5 Å². The molecule has 2 heterocycles. The van der Waals surface area contributed by atoms with Crippen molar-refractivity contribution in [3.63, 3.8) is 0 Å². The van der Waals surface area contributed by atoms with Gasteiger partial charge in [0.1, 0.15) is 11.6 Å². The first-order valence-electron chi connectivity index (χ1n) is 8.98. The highest BCUT2D eigenvalue weighted by molar-refractivity contribution is 5.80. The van der Waals surface area contributed by atoms with Crippen LogP contribution in [-0.2, 0) is 17.6 Å². The number of aromatic nitrogens is 2. The number of carbonyl (C=O) groups is 1. The molecule has 1 aliphatic heterocycles. The first kappa shape index (κ1) is 16.0. The van der Waals surface area contributed by atoms with E-state index in [1.165, 1.54) is 0 Å². The van der Waals surface area contributed by atoms with Crippen LogP contribution in [0.15, 0.2) is 24.3 Å². The van der Waals surface area contributed by atoms with Gasteiger partial charge in [0.2, 0.25) is 5.91 Å². The summed E-state index contributed by atoms with van der Waals surface area (Å²) in [6.07, 6.45) is 2.54. The molecule has 0 radical (unpaired) electrons. The molecule has 1 amide bonds. The fraction of sp³-hybridized carbons (Fsp3) is 0.474. The maximum Gasteiger partial charge on any atom is 0.226 e. The van der Waals surface area contributed by atoms with E-state index in [0.717, 1.165) is 55.3 Å². The summed E-state index contributed by atoms with van der Waals surface area (Å²) in [5, 5.41) is 10.0. The van der Waals surface area contributed by atoms with Crippen LogP contribution >= 0.6 is 0 Å². The highest BCUT2D eigenvalue weighted by atomic mass is 16.3. The minimum Gasteiger partial charge on any atom is -0.506 e. The number of nitrogens with one attached hydrogen (secondary N) is 1. The highest BCUT2D eigenvalue weighted by Crippen LogP contribution is 2.29. The number of aromatic hydroxyl groups is 1. The molecule has 2 aliphatic rings. The highest BCUT2D eigenvalue weighted by Gasteiger charge is 2.31. The van der Waals surface area contributed by atoms with Crippen LogP contribution in [0.5, 0.6) is 5.75 Å². The van der Waals surface area contributed by atoms with Gasteiger partial charge in [-0.2, -0.15) is 0 Å². The van der Waals surface area contributed by atoms with E-state index in [1.54, 1.807) is 6.07 Å². The van der Waals surface area contributed by atoms with Crippen molar-refractivity contribution in [1.29, 1.82) is 0 Å². The minimum atomic E-state index is 0.0593. The van der Waals surface area contributed by atoms with Gasteiger partial charge in [-0.15, -0.1) is 0 Å². The van der Waals surface area contributed by atoms with E-state index in [2.05, 4.69) is 14.9 Å². The second-order valence-corrected chi connectivity index (χ2v) is 6.99. The molecule has 1 atom stereocenters. The zero-order valence-corrected chi connectivity index (χ0v) is 14.5. The van der Waals surface area contributed by atoms with E-state index in [1.807, 2.05) is 30.0 Å². The number of aryl methyl sites for hydroxylation is 2. The molecule has 0 saturated carbocycles. The predicted molar refractivity (Wildman–Crippen MR) is 95.7 cm³/mol. The smallest absolute Gasteiger partial charge is 0.226 e. The molecule has 1 aromatic heterocycles. The number of hydrogen-bond donors (Lipinski definition) is 2. The predicted octanol–water partition coefficient (Wildman–Crippen LogP) is 1.88. The summed E-state index contributed by atoms with van der Waals surface area (Å²) < 4.78 is 0. The monoisotopic (exact) mass is 340 g/mol. The number of amides is 1. The Hall–Kier alpha value is -2.50. The number of piperazine rings is 1. The number of rotatable bonds is 2. The molecule has 1 aromatic carbocycles. The molecule has 2 aromatic rings. The molecule has 1 unspecified atom stereocenters. The second-order valence-electron chi connectivity index (χ2n) is 6.99. The van der Waals surface area contributed by atoms with Gasteiger partial charge in [0, 0.05) is 44.2 Å². The first-order chi connectivity index (χ1) is 12.1. The van der Waals surface area contributed by atoms with Crippen molar-refractivity contribution in [2.75, 3.05) is 31.1 Å². The second kappa shape index (κ2) is 6.43. The number of benzene rings is 1. The van der Waals surface area contributed by atoms with E-state index < -0.39 is 0 Å². The number of aromatic amines is 1. The number of anilines is 1. The third kappa shape index (κ3) is 3.08. The van der Waals surface area contributed by atoms with Gasteiger partial charge >= 0.3 is 0 Å². The number of nitrogens with zero attached hydrogens (tertiary/aromatic N) is 3. The van der Waals surface area contributed by atoms with Gasteiger partial charge < -0.3 is 19.9 Å². The maximum absolute atomic E-state index is 12.9. The average Bonchev–Trinajstić information content (AvgIpc) is 3.01. The van der Waals surface area contributed by atoms with E-state index >= 15 is 0 Å². The summed E-state index contributed by atoms with van der Waals surface area (Å²) in [6, 6.07) is 7.39. The molecule has 2 N–H and O–H groups in total. The third-order valence-electron chi connectivity index (χ3n) is 5.33. The number of phenolic OH excluding ortho intramolecular Hbond substituents is 1. The SMILES string of the molecule is Cc1nc2c([nH]1)CC(C(=O)N1CCN(c3ccccc3O)CC1)CC2. The van der Waals surface area contributed by atoms with Gasteiger partial charge in [0.25, 0.3) is 0 Å². The van der Waals surface area contributed by atoms with Crippen LogP contribution < -0.4 is 4.90 Å².